The second-order valence-corrected chi connectivity index (χ2v) is 4.41. The molecule has 0 aliphatic rings. The first kappa shape index (κ1) is 16.3. The molecule has 2 aromatic rings. The Balaban J connectivity index is 1.96. The molecule has 0 unspecified atom stereocenters. The summed E-state index contributed by atoms with van der Waals surface area (Å²) in [6.45, 7) is -3.09. The van der Waals surface area contributed by atoms with E-state index in [1.54, 1.807) is 6.07 Å². The number of benzene rings is 2. The van der Waals surface area contributed by atoms with E-state index in [0.717, 1.165) is 0 Å². The molecule has 120 valence electrons. The second-order valence-electron chi connectivity index (χ2n) is 4.41. The summed E-state index contributed by atoms with van der Waals surface area (Å²) in [4.78, 5) is 21.9. The first-order valence-electron chi connectivity index (χ1n) is 6.41. The molecular weight excluding hydrogens is 312 g/mol. The Labute approximate surface area is 129 Å². The smallest absolute Gasteiger partial charge is 0.387 e. The van der Waals surface area contributed by atoms with E-state index < -0.39 is 17.5 Å². The van der Waals surface area contributed by atoms with Crippen molar-refractivity contribution in [3.8, 4) is 5.75 Å². The first-order chi connectivity index (χ1) is 11.0. The van der Waals surface area contributed by atoms with Gasteiger partial charge in [-0.3, -0.25) is 10.1 Å². The molecule has 2 rings (SSSR count). The number of carbonyl (C=O) groups is 1. The molecule has 0 saturated heterocycles. The number of non-ortho nitro benzene ring substituents is 1. The molecule has 0 amide bonds. The molecular formula is C15H11F2NO5. The van der Waals surface area contributed by atoms with Crippen LogP contribution in [0.4, 0.5) is 14.5 Å². The number of hydrogen-bond acceptors (Lipinski definition) is 5. The molecule has 0 atom stereocenters. The fourth-order valence-corrected chi connectivity index (χ4v) is 1.76. The van der Waals surface area contributed by atoms with E-state index in [-0.39, 0.29) is 23.6 Å². The number of carbonyl (C=O) groups excluding carboxylic acids is 1. The standard InChI is InChI=1S/C15H11F2NO5/c16-15(17)23-13-6-4-11(5-7-13)14(19)22-9-10-2-1-3-12(8-10)18(20)21/h1-8,15H,9H2. The minimum Gasteiger partial charge on any atom is -0.457 e. The molecule has 0 fully saturated rings. The van der Waals surface area contributed by atoms with Gasteiger partial charge in [0.15, 0.2) is 0 Å². The third-order valence-corrected chi connectivity index (χ3v) is 2.81. The lowest BCUT2D eigenvalue weighted by Crippen LogP contribution is -2.06. The van der Waals surface area contributed by atoms with Gasteiger partial charge in [-0.05, 0) is 29.8 Å². The van der Waals surface area contributed by atoms with E-state index in [2.05, 4.69) is 4.74 Å². The summed E-state index contributed by atoms with van der Waals surface area (Å²) < 4.78 is 33.2. The highest BCUT2D eigenvalue weighted by Crippen LogP contribution is 2.17. The maximum absolute atomic E-state index is 12.0. The molecule has 8 heteroatoms. The van der Waals surface area contributed by atoms with Crippen LogP contribution >= 0.6 is 0 Å². The Morgan fingerprint density at radius 2 is 1.87 bits per heavy atom. The monoisotopic (exact) mass is 323 g/mol. The van der Waals surface area contributed by atoms with Crippen molar-refractivity contribution in [2.75, 3.05) is 0 Å². The van der Waals surface area contributed by atoms with Gasteiger partial charge >= 0.3 is 12.6 Å². The Morgan fingerprint density at radius 3 is 2.48 bits per heavy atom. The van der Waals surface area contributed by atoms with Crippen molar-refractivity contribution in [1.29, 1.82) is 0 Å². The molecule has 0 spiro atoms. The van der Waals surface area contributed by atoms with Crippen molar-refractivity contribution in [3.05, 3.63) is 69.8 Å². The van der Waals surface area contributed by atoms with Crippen LogP contribution in [-0.4, -0.2) is 17.5 Å². The van der Waals surface area contributed by atoms with E-state index in [0.29, 0.717) is 5.56 Å². The van der Waals surface area contributed by atoms with Gasteiger partial charge in [-0.25, -0.2) is 4.79 Å². The van der Waals surface area contributed by atoms with Crippen molar-refractivity contribution >= 4 is 11.7 Å². The van der Waals surface area contributed by atoms with Crippen molar-refractivity contribution in [1.82, 2.24) is 0 Å². The van der Waals surface area contributed by atoms with Crippen LogP contribution in [0.3, 0.4) is 0 Å². The fourth-order valence-electron chi connectivity index (χ4n) is 1.76. The summed E-state index contributed by atoms with van der Waals surface area (Å²) in [7, 11) is 0. The average Bonchev–Trinajstić information content (AvgIpc) is 2.53. The van der Waals surface area contributed by atoms with Crippen molar-refractivity contribution < 1.29 is 28.0 Å². The summed E-state index contributed by atoms with van der Waals surface area (Å²) in [6, 6.07) is 10.7. The average molecular weight is 323 g/mol. The number of nitro groups is 1. The highest BCUT2D eigenvalue weighted by Gasteiger charge is 2.11. The zero-order chi connectivity index (χ0) is 16.8. The van der Waals surface area contributed by atoms with Crippen molar-refractivity contribution in [2.24, 2.45) is 0 Å². The predicted molar refractivity (Wildman–Crippen MR) is 75.3 cm³/mol. The van der Waals surface area contributed by atoms with Crippen LogP contribution in [0.1, 0.15) is 15.9 Å². The molecule has 6 nitrogen and oxygen atoms in total. The Hall–Kier alpha value is -3.03. The van der Waals surface area contributed by atoms with Gasteiger partial charge in [0.1, 0.15) is 12.4 Å². The predicted octanol–water partition coefficient (Wildman–Crippen LogP) is 3.55. The van der Waals surface area contributed by atoms with E-state index >= 15 is 0 Å². The molecule has 2 aromatic carbocycles. The lowest BCUT2D eigenvalue weighted by atomic mass is 10.2. The Kier molecular flexibility index (Phi) is 5.19. The SMILES string of the molecule is O=C(OCc1cccc([N+](=O)[O-])c1)c1ccc(OC(F)F)cc1. The first-order valence-corrected chi connectivity index (χ1v) is 6.41. The molecule has 0 N–H and O–H groups in total. The highest BCUT2D eigenvalue weighted by atomic mass is 19.3. The number of esters is 1. The topological polar surface area (TPSA) is 78.7 Å². The maximum Gasteiger partial charge on any atom is 0.387 e. The van der Waals surface area contributed by atoms with Gasteiger partial charge in [0, 0.05) is 12.1 Å². The molecule has 0 radical (unpaired) electrons. The minimum absolute atomic E-state index is 0.0739. The lowest BCUT2D eigenvalue weighted by Gasteiger charge is -2.07. The number of ether oxygens (including phenoxy) is 2. The number of nitrogens with zero attached hydrogens (tertiary/aromatic N) is 1. The lowest BCUT2D eigenvalue weighted by molar-refractivity contribution is -0.384. The van der Waals surface area contributed by atoms with Gasteiger partial charge in [0.05, 0.1) is 10.5 Å². The van der Waals surface area contributed by atoms with Gasteiger partial charge in [0.25, 0.3) is 5.69 Å². The van der Waals surface area contributed by atoms with Gasteiger partial charge in [-0.15, -0.1) is 0 Å². The van der Waals surface area contributed by atoms with Crippen molar-refractivity contribution in [3.63, 3.8) is 0 Å². The largest absolute Gasteiger partial charge is 0.457 e. The third kappa shape index (κ3) is 4.73. The van der Waals surface area contributed by atoms with Crippen LogP contribution in [0.15, 0.2) is 48.5 Å². The molecule has 0 saturated carbocycles. The Morgan fingerprint density at radius 1 is 1.17 bits per heavy atom. The summed E-state index contributed by atoms with van der Waals surface area (Å²) in [5.41, 5.74) is 0.509. The van der Waals surface area contributed by atoms with E-state index in [1.165, 1.54) is 42.5 Å². The van der Waals surface area contributed by atoms with Crippen LogP contribution in [0, 0.1) is 10.1 Å². The van der Waals surface area contributed by atoms with E-state index in [1.807, 2.05) is 0 Å². The van der Waals surface area contributed by atoms with Crippen LogP contribution in [0.25, 0.3) is 0 Å². The zero-order valence-corrected chi connectivity index (χ0v) is 11.6. The minimum atomic E-state index is -2.94. The number of nitro benzene ring substituents is 1. The summed E-state index contributed by atoms with van der Waals surface area (Å²) in [5, 5.41) is 10.7. The summed E-state index contributed by atoms with van der Waals surface area (Å²) in [6.07, 6.45) is 0. The van der Waals surface area contributed by atoms with E-state index in [4.69, 9.17) is 4.74 Å². The molecule has 0 aliphatic heterocycles. The fraction of sp³-hybridized carbons (Fsp3) is 0.133. The molecule has 0 aliphatic carbocycles. The van der Waals surface area contributed by atoms with Crippen LogP contribution < -0.4 is 4.74 Å². The number of alkyl halides is 2. The highest BCUT2D eigenvalue weighted by molar-refractivity contribution is 5.89. The van der Waals surface area contributed by atoms with Gasteiger partial charge in [0.2, 0.25) is 0 Å². The third-order valence-electron chi connectivity index (χ3n) is 2.81. The molecule has 23 heavy (non-hydrogen) atoms. The van der Waals surface area contributed by atoms with Gasteiger partial charge in [-0.2, -0.15) is 8.78 Å². The summed E-state index contributed by atoms with van der Waals surface area (Å²) in [5.74, 6) is -0.754. The van der Waals surface area contributed by atoms with Gasteiger partial charge in [-0.1, -0.05) is 12.1 Å². The normalized spacial score (nSPS) is 10.4. The van der Waals surface area contributed by atoms with Crippen LogP contribution in [0.5, 0.6) is 5.75 Å². The number of rotatable bonds is 6. The quantitative estimate of drug-likeness (QED) is 0.461. The van der Waals surface area contributed by atoms with Crippen molar-refractivity contribution in [2.45, 2.75) is 13.2 Å². The molecule has 0 heterocycles. The number of halogens is 2. The van der Waals surface area contributed by atoms with Gasteiger partial charge < -0.3 is 9.47 Å². The van der Waals surface area contributed by atoms with Crippen LogP contribution in [-0.2, 0) is 11.3 Å². The maximum atomic E-state index is 12.0. The van der Waals surface area contributed by atoms with E-state index in [9.17, 15) is 23.7 Å². The van der Waals surface area contributed by atoms with Crippen LogP contribution in [0.2, 0.25) is 0 Å². The zero-order valence-electron chi connectivity index (χ0n) is 11.6. The molecule has 0 bridgehead atoms. The molecule has 0 aromatic heterocycles. The second kappa shape index (κ2) is 7.30. The summed E-state index contributed by atoms with van der Waals surface area (Å²) >= 11 is 0. The number of hydrogen-bond donors (Lipinski definition) is 0. The Bertz CT molecular complexity index is 703.